The molecule has 1 saturated heterocycles. The highest BCUT2D eigenvalue weighted by Gasteiger charge is 2.48. The molecule has 4 heterocycles. The molecule has 2 aliphatic rings. The Labute approximate surface area is 179 Å². The van der Waals surface area contributed by atoms with E-state index in [1.807, 2.05) is 6.92 Å². The quantitative estimate of drug-likeness (QED) is 0.659. The van der Waals surface area contributed by atoms with Gasteiger partial charge in [-0.1, -0.05) is 18.5 Å². The van der Waals surface area contributed by atoms with Gasteiger partial charge in [0.15, 0.2) is 0 Å². The number of carbonyl (C=O) groups is 1. The maximum absolute atomic E-state index is 13.5. The van der Waals surface area contributed by atoms with Gasteiger partial charge < -0.3 is 4.90 Å². The van der Waals surface area contributed by atoms with E-state index < -0.39 is 48.4 Å². The van der Waals surface area contributed by atoms with Crippen LogP contribution < -0.4 is 5.69 Å². The average Bonchev–Trinajstić information content (AvgIpc) is 3.26. The highest BCUT2D eigenvalue weighted by Crippen LogP contribution is 2.39. The summed E-state index contributed by atoms with van der Waals surface area (Å²) in [6.07, 6.45) is -3.86. The molecule has 0 aliphatic carbocycles. The lowest BCUT2D eigenvalue weighted by Gasteiger charge is -2.32. The van der Waals surface area contributed by atoms with Crippen LogP contribution in [-0.2, 0) is 17.8 Å². The number of amides is 1. The number of alkyl halides is 3. The normalized spacial score (nSPS) is 23.8. The molecule has 31 heavy (non-hydrogen) atoms. The molecule has 12 heteroatoms. The molecule has 0 radical (unpaired) electrons. The summed E-state index contributed by atoms with van der Waals surface area (Å²) in [5.41, 5.74) is -0.576. The van der Waals surface area contributed by atoms with Gasteiger partial charge in [0.25, 0.3) is 0 Å². The van der Waals surface area contributed by atoms with E-state index in [-0.39, 0.29) is 29.0 Å². The van der Waals surface area contributed by atoms with Crippen molar-refractivity contribution in [3.63, 3.8) is 0 Å². The fourth-order valence-electron chi connectivity index (χ4n) is 4.21. The monoisotopic (exact) mass is 461 g/mol. The molecule has 1 unspecified atom stereocenters. The second-order valence-electron chi connectivity index (χ2n) is 8.18. The Hall–Kier alpha value is -2.43. The fraction of sp³-hybridized carbons (Fsp3) is 0.579. The number of hydrogen-bond donors (Lipinski definition) is 0. The van der Waals surface area contributed by atoms with E-state index in [0.29, 0.717) is 13.1 Å². The minimum absolute atomic E-state index is 0.0373. The molecular weight excluding hydrogens is 442 g/mol. The lowest BCUT2D eigenvalue weighted by molar-refractivity contribution is -0.183. The highest BCUT2D eigenvalue weighted by molar-refractivity contribution is 6.31. The topological polar surface area (TPSA) is 73.0 Å². The minimum atomic E-state index is -4.52. The number of pyridine rings is 1. The van der Waals surface area contributed by atoms with Crippen LogP contribution in [-0.4, -0.2) is 49.4 Å². The smallest absolute Gasteiger partial charge is 0.341 e. The number of nitrogens with zero attached hydrogens (tertiary/aromatic N) is 5. The predicted molar refractivity (Wildman–Crippen MR) is 102 cm³/mol. The number of likely N-dealkylation sites (tertiary alicyclic amines) is 1. The molecule has 0 N–H and O–H groups in total. The molecule has 4 rings (SSSR count). The zero-order chi connectivity index (χ0) is 22.5. The molecule has 2 aromatic heterocycles. The van der Waals surface area contributed by atoms with E-state index in [9.17, 15) is 27.2 Å². The van der Waals surface area contributed by atoms with Gasteiger partial charge in [0, 0.05) is 19.5 Å². The Balaban J connectivity index is 1.71. The van der Waals surface area contributed by atoms with Crippen LogP contribution in [0, 0.1) is 17.7 Å². The Morgan fingerprint density at radius 3 is 2.71 bits per heavy atom. The molecule has 0 spiro atoms. The van der Waals surface area contributed by atoms with Crippen molar-refractivity contribution in [2.45, 2.75) is 44.9 Å². The number of aromatic nitrogens is 4. The van der Waals surface area contributed by atoms with Gasteiger partial charge in [-0.25, -0.2) is 13.9 Å². The summed E-state index contributed by atoms with van der Waals surface area (Å²) < 4.78 is 55.9. The largest absolute Gasteiger partial charge is 0.392 e. The van der Waals surface area contributed by atoms with E-state index >= 15 is 0 Å². The summed E-state index contributed by atoms with van der Waals surface area (Å²) in [6.45, 7) is 2.60. The van der Waals surface area contributed by atoms with Gasteiger partial charge in [0.2, 0.25) is 5.91 Å². The van der Waals surface area contributed by atoms with Crippen LogP contribution in [0.4, 0.5) is 17.6 Å². The van der Waals surface area contributed by atoms with Crippen molar-refractivity contribution in [1.82, 2.24) is 24.2 Å². The van der Waals surface area contributed by atoms with Gasteiger partial charge in [-0.2, -0.15) is 18.3 Å². The molecule has 0 aromatic carbocycles. The van der Waals surface area contributed by atoms with Gasteiger partial charge >= 0.3 is 11.9 Å². The molecule has 168 valence electrons. The zero-order valence-electron chi connectivity index (χ0n) is 16.6. The molecule has 2 aromatic rings. The molecule has 0 saturated carbocycles. The van der Waals surface area contributed by atoms with Crippen molar-refractivity contribution < 1.29 is 22.4 Å². The second-order valence-corrected chi connectivity index (χ2v) is 8.59. The summed E-state index contributed by atoms with van der Waals surface area (Å²) in [7, 11) is 0. The highest BCUT2D eigenvalue weighted by atomic mass is 35.5. The van der Waals surface area contributed by atoms with Crippen LogP contribution in [0.2, 0.25) is 5.02 Å². The second kappa shape index (κ2) is 7.92. The summed E-state index contributed by atoms with van der Waals surface area (Å²) in [5.74, 6) is -2.81. The van der Waals surface area contributed by atoms with Crippen LogP contribution in [0.5, 0.6) is 0 Å². The lowest BCUT2D eigenvalue weighted by Crippen LogP contribution is -2.45. The fourth-order valence-corrected chi connectivity index (χ4v) is 4.42. The van der Waals surface area contributed by atoms with Crippen LogP contribution in [0.25, 0.3) is 0 Å². The predicted octanol–water partition coefficient (Wildman–Crippen LogP) is 2.81. The zero-order valence-corrected chi connectivity index (χ0v) is 17.3. The van der Waals surface area contributed by atoms with Crippen molar-refractivity contribution in [3.8, 4) is 0 Å². The van der Waals surface area contributed by atoms with Gasteiger partial charge in [-0.05, 0) is 24.8 Å². The molecule has 1 amide bonds. The first-order valence-electron chi connectivity index (χ1n) is 9.88. The van der Waals surface area contributed by atoms with Crippen molar-refractivity contribution in [2.24, 2.45) is 11.8 Å². The maximum Gasteiger partial charge on any atom is 0.392 e. The minimum Gasteiger partial charge on any atom is -0.341 e. The van der Waals surface area contributed by atoms with Crippen molar-refractivity contribution in [2.75, 3.05) is 13.1 Å². The van der Waals surface area contributed by atoms with Crippen LogP contribution in [0.3, 0.4) is 0 Å². The van der Waals surface area contributed by atoms with E-state index in [2.05, 4.69) is 10.1 Å². The molecule has 7 nitrogen and oxygen atoms in total. The molecule has 2 aliphatic heterocycles. The van der Waals surface area contributed by atoms with E-state index in [1.165, 1.54) is 4.90 Å². The van der Waals surface area contributed by atoms with Crippen molar-refractivity contribution >= 4 is 17.5 Å². The van der Waals surface area contributed by atoms with Gasteiger partial charge in [-0.3, -0.25) is 14.3 Å². The number of halogens is 5. The first-order chi connectivity index (χ1) is 14.5. The summed E-state index contributed by atoms with van der Waals surface area (Å²) in [4.78, 5) is 31.4. The average molecular weight is 462 g/mol. The Kier molecular flexibility index (Phi) is 5.57. The number of carbonyl (C=O) groups excluding carboxylic acids is 1. The first-order valence-corrected chi connectivity index (χ1v) is 10.3. The van der Waals surface area contributed by atoms with Gasteiger partial charge in [0.05, 0.1) is 29.4 Å². The SMILES string of the molecule is C[C@H]1CCN(C(=O)[C@@H]2CC(C(F)(F)F)Cc3nn(Cc4ncc(F)cc4Cl)c(=O)n32)C1. The lowest BCUT2D eigenvalue weighted by atomic mass is 9.91. The summed E-state index contributed by atoms with van der Waals surface area (Å²) in [5, 5.41) is 4.01. The van der Waals surface area contributed by atoms with Crippen molar-refractivity contribution in [3.05, 3.63) is 45.1 Å². The third-order valence-corrected chi connectivity index (χ3v) is 6.18. The van der Waals surface area contributed by atoms with Gasteiger partial charge in [0.1, 0.15) is 17.7 Å². The third-order valence-electron chi connectivity index (χ3n) is 5.86. The standard InChI is InChI=1S/C19H20ClF4N5O2/c1-10-2-3-27(8-10)17(30)15-4-11(19(22,23)24)5-16-26-28(18(31)29(15)16)9-14-13(20)6-12(21)7-25-14/h6-7,10-11,15H,2-5,8-9H2,1H3/t10-,11?,15-/m0/s1. The number of hydrogen-bond acceptors (Lipinski definition) is 4. The number of fused-ring (bicyclic) bond motifs is 1. The molecule has 3 atom stereocenters. The summed E-state index contributed by atoms with van der Waals surface area (Å²) >= 11 is 5.96. The number of rotatable bonds is 3. The Morgan fingerprint density at radius 2 is 2.10 bits per heavy atom. The van der Waals surface area contributed by atoms with Crippen molar-refractivity contribution in [1.29, 1.82) is 0 Å². The first kappa shape index (κ1) is 21.8. The maximum atomic E-state index is 13.5. The van der Waals surface area contributed by atoms with E-state index in [0.717, 1.165) is 27.9 Å². The van der Waals surface area contributed by atoms with Crippen LogP contribution in [0.15, 0.2) is 17.1 Å². The van der Waals surface area contributed by atoms with E-state index in [1.54, 1.807) is 0 Å². The molecular formula is C19H20ClF4N5O2. The molecule has 0 bridgehead atoms. The van der Waals surface area contributed by atoms with Crippen LogP contribution in [0.1, 0.15) is 37.3 Å². The Morgan fingerprint density at radius 1 is 1.35 bits per heavy atom. The molecule has 1 fully saturated rings. The third kappa shape index (κ3) is 4.19. The summed E-state index contributed by atoms with van der Waals surface area (Å²) in [6, 6.07) is -0.260. The van der Waals surface area contributed by atoms with E-state index in [4.69, 9.17) is 11.6 Å². The van der Waals surface area contributed by atoms with Crippen LogP contribution >= 0.6 is 11.6 Å². The van der Waals surface area contributed by atoms with Gasteiger partial charge in [-0.15, -0.1) is 0 Å². The Bertz CT molecular complexity index is 1070.